The van der Waals surface area contributed by atoms with Crippen molar-refractivity contribution in [2.45, 2.75) is 57.0 Å². The number of methoxy groups -OCH3 is 2. The van der Waals surface area contributed by atoms with Crippen LogP contribution >= 0.6 is 0 Å². The van der Waals surface area contributed by atoms with E-state index in [4.69, 9.17) is 18.9 Å². The number of hydrogen-bond acceptors (Lipinski definition) is 5. The average molecular weight is 307 g/mol. The zero-order valence-electron chi connectivity index (χ0n) is 13.3. The SMILES string of the molecule is CO[C@]1(C)OC[C@H](/C=N/S(=O)C(C)(C)C)O[C@@]1(C)OC. The molecule has 6 nitrogen and oxygen atoms in total. The molecule has 4 atom stereocenters. The number of nitrogens with zero attached hydrogens (tertiary/aromatic N) is 1. The van der Waals surface area contributed by atoms with Crippen molar-refractivity contribution in [1.29, 1.82) is 0 Å². The van der Waals surface area contributed by atoms with Gasteiger partial charge in [0.25, 0.3) is 0 Å². The van der Waals surface area contributed by atoms with Gasteiger partial charge in [0.15, 0.2) is 0 Å². The van der Waals surface area contributed by atoms with Crippen LogP contribution in [0.4, 0.5) is 0 Å². The maximum Gasteiger partial charge on any atom is 0.220 e. The van der Waals surface area contributed by atoms with Gasteiger partial charge in [0.05, 0.1) is 11.4 Å². The first-order valence-corrected chi connectivity index (χ1v) is 7.57. The first-order valence-electron chi connectivity index (χ1n) is 6.46. The van der Waals surface area contributed by atoms with Crippen LogP contribution in [0, 0.1) is 0 Å². The van der Waals surface area contributed by atoms with Crippen molar-refractivity contribution in [3.05, 3.63) is 0 Å². The summed E-state index contributed by atoms with van der Waals surface area (Å²) in [4.78, 5) is 0. The van der Waals surface area contributed by atoms with E-state index >= 15 is 0 Å². The van der Waals surface area contributed by atoms with Crippen LogP contribution in [0.2, 0.25) is 0 Å². The Morgan fingerprint density at radius 3 is 2.25 bits per heavy atom. The second-order valence-electron chi connectivity index (χ2n) is 5.88. The molecule has 0 bridgehead atoms. The monoisotopic (exact) mass is 307 g/mol. The topological polar surface area (TPSA) is 66.4 Å². The highest BCUT2D eigenvalue weighted by Crippen LogP contribution is 2.36. The van der Waals surface area contributed by atoms with E-state index < -0.39 is 33.4 Å². The predicted octanol–water partition coefficient (Wildman–Crippen LogP) is 1.66. The summed E-state index contributed by atoms with van der Waals surface area (Å²) < 4.78 is 37.8. The van der Waals surface area contributed by atoms with Gasteiger partial charge >= 0.3 is 0 Å². The van der Waals surface area contributed by atoms with E-state index in [1.807, 2.05) is 20.8 Å². The summed E-state index contributed by atoms with van der Waals surface area (Å²) in [6, 6.07) is 0. The summed E-state index contributed by atoms with van der Waals surface area (Å²) in [5.74, 6) is -2.07. The number of hydrogen-bond donors (Lipinski definition) is 0. The van der Waals surface area contributed by atoms with Crippen LogP contribution in [0.1, 0.15) is 34.6 Å². The Morgan fingerprint density at radius 2 is 1.80 bits per heavy atom. The fourth-order valence-corrected chi connectivity index (χ4v) is 2.20. The lowest BCUT2D eigenvalue weighted by molar-refractivity contribution is -0.423. The number of rotatable bonds is 4. The van der Waals surface area contributed by atoms with Gasteiger partial charge in [0.1, 0.15) is 17.1 Å². The maximum absolute atomic E-state index is 11.9. The van der Waals surface area contributed by atoms with E-state index in [1.54, 1.807) is 13.8 Å². The third-order valence-corrected chi connectivity index (χ3v) is 4.71. The summed E-state index contributed by atoms with van der Waals surface area (Å²) in [6.45, 7) is 9.32. The van der Waals surface area contributed by atoms with E-state index in [9.17, 15) is 4.21 Å². The second kappa shape index (κ2) is 6.19. The zero-order valence-corrected chi connectivity index (χ0v) is 14.1. The van der Waals surface area contributed by atoms with Gasteiger partial charge in [-0.15, -0.1) is 0 Å². The van der Waals surface area contributed by atoms with E-state index in [-0.39, 0.29) is 6.61 Å². The second-order valence-corrected chi connectivity index (χ2v) is 7.82. The molecule has 7 heteroatoms. The van der Waals surface area contributed by atoms with Crippen LogP contribution < -0.4 is 0 Å². The Labute approximate surface area is 123 Å². The summed E-state index contributed by atoms with van der Waals surface area (Å²) in [6.07, 6.45) is 1.07. The Balaban J connectivity index is 2.79. The molecule has 1 saturated heterocycles. The maximum atomic E-state index is 11.9. The highest BCUT2D eigenvalue weighted by atomic mass is 32.2. The standard InChI is InChI=1S/C13H25NO5S/c1-11(2,3)20(15)14-8-10-9-18-12(4,16-6)13(5,17-7)19-10/h8,10H,9H2,1-7H3/b14-8+/t10-,12+,13+,20?/m0/s1. The molecule has 118 valence electrons. The molecule has 1 heterocycles. The molecule has 0 aromatic rings. The van der Waals surface area contributed by atoms with Crippen LogP contribution in [0.3, 0.4) is 0 Å². The van der Waals surface area contributed by atoms with Crippen LogP contribution in [0.15, 0.2) is 4.40 Å². The molecule has 20 heavy (non-hydrogen) atoms. The molecular formula is C13H25NO5S. The summed E-state index contributed by atoms with van der Waals surface area (Å²) >= 11 is 0. The Hall–Kier alpha value is -0.340. The van der Waals surface area contributed by atoms with E-state index in [0.717, 1.165) is 0 Å². The minimum Gasteiger partial charge on any atom is -0.349 e. The van der Waals surface area contributed by atoms with Gasteiger partial charge < -0.3 is 18.9 Å². The Kier molecular flexibility index (Phi) is 5.48. The van der Waals surface area contributed by atoms with E-state index in [2.05, 4.69) is 4.40 Å². The lowest BCUT2D eigenvalue weighted by Gasteiger charge is -2.48. The fraction of sp³-hybridized carbons (Fsp3) is 0.923. The highest BCUT2D eigenvalue weighted by molar-refractivity contribution is 7.85. The summed E-state index contributed by atoms with van der Waals surface area (Å²) in [7, 11) is 1.73. The van der Waals surface area contributed by atoms with Gasteiger partial charge in [0.2, 0.25) is 11.6 Å². The average Bonchev–Trinajstić information content (AvgIpc) is 2.38. The third-order valence-electron chi connectivity index (χ3n) is 3.35. The van der Waals surface area contributed by atoms with Crippen LogP contribution in [0.5, 0.6) is 0 Å². The largest absolute Gasteiger partial charge is 0.349 e. The van der Waals surface area contributed by atoms with Crippen molar-refractivity contribution in [3.63, 3.8) is 0 Å². The molecular weight excluding hydrogens is 282 g/mol. The lowest BCUT2D eigenvalue weighted by atomic mass is 10.1. The lowest BCUT2D eigenvalue weighted by Crippen LogP contribution is -2.62. The Morgan fingerprint density at radius 1 is 1.25 bits per heavy atom. The first-order chi connectivity index (χ1) is 9.08. The predicted molar refractivity (Wildman–Crippen MR) is 78.0 cm³/mol. The molecule has 0 N–H and O–H groups in total. The van der Waals surface area contributed by atoms with Gasteiger partial charge in [-0.1, -0.05) is 0 Å². The normalized spacial score (nSPS) is 37.2. The van der Waals surface area contributed by atoms with Crippen molar-refractivity contribution >= 4 is 17.2 Å². The van der Waals surface area contributed by atoms with Gasteiger partial charge in [-0.25, -0.2) is 4.21 Å². The third kappa shape index (κ3) is 3.65. The van der Waals surface area contributed by atoms with Gasteiger partial charge in [-0.2, -0.15) is 4.40 Å². The minimum atomic E-state index is -1.32. The molecule has 1 aliphatic heterocycles. The van der Waals surface area contributed by atoms with Crippen molar-refractivity contribution in [2.75, 3.05) is 20.8 Å². The van der Waals surface area contributed by atoms with Crippen LogP contribution in [0.25, 0.3) is 0 Å². The Bertz CT molecular complexity index is 395. The molecule has 0 aliphatic carbocycles. The molecule has 0 radical (unpaired) electrons. The molecule has 1 rings (SSSR count). The molecule has 0 spiro atoms. The molecule has 1 fully saturated rings. The zero-order chi connectivity index (χ0) is 15.6. The first kappa shape index (κ1) is 17.7. The van der Waals surface area contributed by atoms with E-state index in [1.165, 1.54) is 20.4 Å². The molecule has 0 amide bonds. The highest BCUT2D eigenvalue weighted by Gasteiger charge is 2.53. The van der Waals surface area contributed by atoms with Gasteiger partial charge in [0, 0.05) is 20.4 Å². The van der Waals surface area contributed by atoms with Crippen molar-refractivity contribution in [1.82, 2.24) is 0 Å². The molecule has 1 unspecified atom stereocenters. The molecule has 1 aliphatic rings. The van der Waals surface area contributed by atoms with Crippen molar-refractivity contribution in [2.24, 2.45) is 4.40 Å². The van der Waals surface area contributed by atoms with Crippen molar-refractivity contribution in [3.8, 4) is 0 Å². The van der Waals surface area contributed by atoms with Crippen LogP contribution in [-0.4, -0.2) is 53.7 Å². The minimum absolute atomic E-state index is 0.258. The quantitative estimate of drug-likeness (QED) is 0.739. The molecule has 0 saturated carbocycles. The van der Waals surface area contributed by atoms with Crippen molar-refractivity contribution < 1.29 is 23.2 Å². The van der Waals surface area contributed by atoms with E-state index in [0.29, 0.717) is 0 Å². The summed E-state index contributed by atoms with van der Waals surface area (Å²) in [5.41, 5.74) is 0. The fourth-order valence-electron chi connectivity index (χ4n) is 1.63. The smallest absolute Gasteiger partial charge is 0.220 e. The van der Waals surface area contributed by atoms with Gasteiger partial charge in [-0.3, -0.25) is 0 Å². The summed E-state index contributed by atoms with van der Waals surface area (Å²) in [5, 5.41) is 0. The molecule has 0 aromatic carbocycles. The van der Waals surface area contributed by atoms with Crippen LogP contribution in [-0.2, 0) is 29.9 Å². The number of ether oxygens (including phenoxy) is 4. The van der Waals surface area contributed by atoms with Gasteiger partial charge in [-0.05, 0) is 34.6 Å². The molecule has 0 aromatic heterocycles.